The summed E-state index contributed by atoms with van der Waals surface area (Å²) < 4.78 is 4.98. The molecule has 1 rings (SSSR count). The Bertz CT molecular complexity index is 301. The Balaban J connectivity index is 2.34. The molecule has 0 saturated heterocycles. The first-order valence-corrected chi connectivity index (χ1v) is 4.49. The van der Waals surface area contributed by atoms with E-state index in [-0.39, 0.29) is 5.97 Å². The number of ether oxygens (including phenoxy) is 1. The van der Waals surface area contributed by atoms with Gasteiger partial charge in [-0.25, -0.2) is 4.79 Å². The van der Waals surface area contributed by atoms with E-state index in [1.54, 1.807) is 6.08 Å². The maximum absolute atomic E-state index is 11.0. The molecule has 2 heteroatoms. The Hall–Kier alpha value is -1.57. The molecule has 0 aliphatic rings. The maximum Gasteiger partial charge on any atom is 0.330 e. The van der Waals surface area contributed by atoms with E-state index in [1.165, 1.54) is 6.08 Å². The zero-order valence-electron chi connectivity index (χ0n) is 7.98. The zero-order chi connectivity index (χ0) is 10.2. The lowest BCUT2D eigenvalue weighted by Gasteiger charge is -2.00. The summed E-state index contributed by atoms with van der Waals surface area (Å²) in [6.45, 7) is 3.90. The van der Waals surface area contributed by atoms with Gasteiger partial charge in [0.25, 0.3) is 0 Å². The second-order valence-electron chi connectivity index (χ2n) is 2.78. The summed E-state index contributed by atoms with van der Waals surface area (Å²) >= 11 is 0. The SMILES string of the molecule is [CH2]C/C=C/C(=O)OCc1ccccc1. The van der Waals surface area contributed by atoms with E-state index >= 15 is 0 Å². The first-order chi connectivity index (χ1) is 6.83. The van der Waals surface area contributed by atoms with Gasteiger partial charge in [0.2, 0.25) is 0 Å². The first kappa shape index (κ1) is 10.5. The highest BCUT2D eigenvalue weighted by Gasteiger charge is 1.96. The normalized spacial score (nSPS) is 10.4. The third kappa shape index (κ3) is 3.90. The predicted octanol–water partition coefficient (Wildman–Crippen LogP) is 2.51. The summed E-state index contributed by atoms with van der Waals surface area (Å²) in [4.78, 5) is 11.0. The van der Waals surface area contributed by atoms with Crippen molar-refractivity contribution < 1.29 is 9.53 Å². The van der Waals surface area contributed by atoms with Gasteiger partial charge < -0.3 is 4.74 Å². The number of benzene rings is 1. The van der Waals surface area contributed by atoms with Crippen LogP contribution in [0.25, 0.3) is 0 Å². The van der Waals surface area contributed by atoms with Crippen LogP contribution in [0.5, 0.6) is 0 Å². The molecule has 73 valence electrons. The number of rotatable bonds is 4. The Morgan fingerprint density at radius 3 is 2.71 bits per heavy atom. The largest absolute Gasteiger partial charge is 0.458 e. The fourth-order valence-corrected chi connectivity index (χ4v) is 0.956. The molecule has 0 bridgehead atoms. The Morgan fingerprint density at radius 1 is 1.36 bits per heavy atom. The van der Waals surface area contributed by atoms with Gasteiger partial charge in [0, 0.05) is 6.08 Å². The third-order valence-corrected chi connectivity index (χ3v) is 1.64. The van der Waals surface area contributed by atoms with Crippen LogP contribution in [0.2, 0.25) is 0 Å². The van der Waals surface area contributed by atoms with Crippen molar-refractivity contribution in [3.05, 3.63) is 55.0 Å². The number of hydrogen-bond acceptors (Lipinski definition) is 2. The number of carbonyl (C=O) groups is 1. The summed E-state index contributed by atoms with van der Waals surface area (Å²) in [5, 5.41) is 0. The van der Waals surface area contributed by atoms with Crippen molar-refractivity contribution in [1.29, 1.82) is 0 Å². The van der Waals surface area contributed by atoms with Crippen molar-refractivity contribution in [1.82, 2.24) is 0 Å². The molecule has 2 nitrogen and oxygen atoms in total. The van der Waals surface area contributed by atoms with Crippen molar-refractivity contribution in [3.63, 3.8) is 0 Å². The van der Waals surface area contributed by atoms with Gasteiger partial charge in [-0.05, 0) is 18.9 Å². The van der Waals surface area contributed by atoms with Gasteiger partial charge in [-0.2, -0.15) is 0 Å². The van der Waals surface area contributed by atoms with E-state index in [9.17, 15) is 4.79 Å². The minimum atomic E-state index is -0.322. The maximum atomic E-state index is 11.0. The van der Waals surface area contributed by atoms with Crippen molar-refractivity contribution in [2.45, 2.75) is 13.0 Å². The van der Waals surface area contributed by atoms with Crippen LogP contribution in [-0.2, 0) is 16.1 Å². The summed E-state index contributed by atoms with van der Waals surface area (Å²) in [6.07, 6.45) is 3.67. The van der Waals surface area contributed by atoms with E-state index in [1.807, 2.05) is 30.3 Å². The van der Waals surface area contributed by atoms with Crippen molar-refractivity contribution >= 4 is 5.97 Å². The second kappa shape index (κ2) is 5.97. The third-order valence-electron chi connectivity index (χ3n) is 1.64. The molecule has 0 N–H and O–H groups in total. The molecule has 0 heterocycles. The van der Waals surface area contributed by atoms with Gasteiger partial charge in [-0.3, -0.25) is 0 Å². The summed E-state index contributed by atoms with van der Waals surface area (Å²) in [6, 6.07) is 9.58. The molecule has 0 aromatic heterocycles. The highest BCUT2D eigenvalue weighted by Crippen LogP contribution is 2.00. The highest BCUT2D eigenvalue weighted by atomic mass is 16.5. The summed E-state index contributed by atoms with van der Waals surface area (Å²) in [7, 11) is 0. The van der Waals surface area contributed by atoms with E-state index in [0.29, 0.717) is 13.0 Å². The fourth-order valence-electron chi connectivity index (χ4n) is 0.956. The average molecular weight is 189 g/mol. The molecule has 0 amide bonds. The summed E-state index contributed by atoms with van der Waals surface area (Å²) in [5.74, 6) is -0.322. The van der Waals surface area contributed by atoms with Crippen LogP contribution in [0, 0.1) is 6.92 Å². The van der Waals surface area contributed by atoms with E-state index in [0.717, 1.165) is 5.56 Å². The zero-order valence-corrected chi connectivity index (χ0v) is 7.98. The number of hydrogen-bond donors (Lipinski definition) is 0. The number of allylic oxidation sites excluding steroid dienone is 1. The average Bonchev–Trinajstić information content (AvgIpc) is 2.25. The van der Waals surface area contributed by atoms with Crippen LogP contribution in [-0.4, -0.2) is 5.97 Å². The molecule has 0 spiro atoms. The molecule has 1 aromatic rings. The molecule has 0 unspecified atom stereocenters. The van der Waals surface area contributed by atoms with Gasteiger partial charge in [-0.15, -0.1) is 0 Å². The van der Waals surface area contributed by atoms with Crippen LogP contribution >= 0.6 is 0 Å². The van der Waals surface area contributed by atoms with Crippen LogP contribution < -0.4 is 0 Å². The number of carbonyl (C=O) groups excluding carboxylic acids is 1. The van der Waals surface area contributed by atoms with Gasteiger partial charge in [0.05, 0.1) is 0 Å². The Kier molecular flexibility index (Phi) is 4.48. The summed E-state index contributed by atoms with van der Waals surface area (Å²) in [5.41, 5.74) is 0.990. The molecule has 0 fully saturated rings. The van der Waals surface area contributed by atoms with Crippen LogP contribution in [0.3, 0.4) is 0 Å². The standard InChI is InChI=1S/C12H13O2/c1-2-3-9-12(13)14-10-11-7-5-4-6-8-11/h3-9H,1-2,10H2/b9-3+. The van der Waals surface area contributed by atoms with Crippen molar-refractivity contribution in [2.24, 2.45) is 0 Å². The fraction of sp³-hybridized carbons (Fsp3) is 0.167. The highest BCUT2D eigenvalue weighted by molar-refractivity contribution is 5.81. The minimum absolute atomic E-state index is 0.321. The molecule has 14 heavy (non-hydrogen) atoms. The van der Waals surface area contributed by atoms with Gasteiger partial charge >= 0.3 is 5.97 Å². The monoisotopic (exact) mass is 189 g/mol. The molecule has 0 saturated carbocycles. The van der Waals surface area contributed by atoms with Crippen LogP contribution in [0.1, 0.15) is 12.0 Å². The van der Waals surface area contributed by atoms with Crippen molar-refractivity contribution in [2.75, 3.05) is 0 Å². The quantitative estimate of drug-likeness (QED) is 0.537. The molecular weight excluding hydrogens is 176 g/mol. The smallest absolute Gasteiger partial charge is 0.330 e. The lowest BCUT2D eigenvalue weighted by molar-refractivity contribution is -0.139. The lowest BCUT2D eigenvalue weighted by atomic mass is 10.2. The Labute approximate surface area is 84.2 Å². The molecule has 0 atom stereocenters. The van der Waals surface area contributed by atoms with E-state index in [4.69, 9.17) is 4.74 Å². The van der Waals surface area contributed by atoms with Crippen molar-refractivity contribution in [3.8, 4) is 0 Å². The van der Waals surface area contributed by atoms with E-state index in [2.05, 4.69) is 6.92 Å². The first-order valence-electron chi connectivity index (χ1n) is 4.49. The molecule has 0 aliphatic heterocycles. The molecule has 0 aliphatic carbocycles. The second-order valence-corrected chi connectivity index (χ2v) is 2.78. The van der Waals surface area contributed by atoms with Crippen LogP contribution in [0.15, 0.2) is 42.5 Å². The van der Waals surface area contributed by atoms with E-state index < -0.39 is 0 Å². The molecular formula is C12H13O2. The number of esters is 1. The minimum Gasteiger partial charge on any atom is -0.458 e. The van der Waals surface area contributed by atoms with Gasteiger partial charge in [-0.1, -0.05) is 36.4 Å². The lowest BCUT2D eigenvalue weighted by Crippen LogP contribution is -2.00. The van der Waals surface area contributed by atoms with Gasteiger partial charge in [0.15, 0.2) is 0 Å². The Morgan fingerprint density at radius 2 is 2.07 bits per heavy atom. The van der Waals surface area contributed by atoms with Gasteiger partial charge in [0.1, 0.15) is 6.61 Å². The van der Waals surface area contributed by atoms with Crippen LogP contribution in [0.4, 0.5) is 0 Å². The predicted molar refractivity (Wildman–Crippen MR) is 55.4 cm³/mol. The topological polar surface area (TPSA) is 26.3 Å². The molecule has 1 radical (unpaired) electrons. The molecule has 1 aromatic carbocycles.